The van der Waals surface area contributed by atoms with Crippen LogP contribution in [0.4, 0.5) is 5.69 Å². The first-order valence-corrected chi connectivity index (χ1v) is 8.24. The van der Waals surface area contributed by atoms with E-state index in [0.29, 0.717) is 16.3 Å². The van der Waals surface area contributed by atoms with Gasteiger partial charge < -0.3 is 10.1 Å². The molecule has 0 atom stereocenters. The summed E-state index contributed by atoms with van der Waals surface area (Å²) < 4.78 is 6.80. The molecule has 0 aliphatic carbocycles. The van der Waals surface area contributed by atoms with Gasteiger partial charge in [0.15, 0.2) is 6.61 Å². The number of nitrogens with one attached hydrogen (secondary N) is 1. The van der Waals surface area contributed by atoms with E-state index in [1.165, 1.54) is 0 Å². The number of carbonyl (C=O) groups excluding carboxylic acids is 2. The summed E-state index contributed by atoms with van der Waals surface area (Å²) in [7, 11) is 0. The maximum atomic E-state index is 12.1. The zero-order valence-electron chi connectivity index (χ0n) is 14.0. The van der Waals surface area contributed by atoms with Crippen LogP contribution in [-0.4, -0.2) is 28.3 Å². The number of aryl methyl sites for hydroxylation is 1. The number of hydrogen-bond donors (Lipinski definition) is 1. The van der Waals surface area contributed by atoms with Gasteiger partial charge in [0, 0.05) is 22.6 Å². The molecule has 6 nitrogen and oxygen atoms in total. The van der Waals surface area contributed by atoms with Gasteiger partial charge in [0.1, 0.15) is 0 Å². The van der Waals surface area contributed by atoms with Crippen molar-refractivity contribution in [2.24, 2.45) is 0 Å². The van der Waals surface area contributed by atoms with Crippen LogP contribution in [0.15, 0.2) is 60.8 Å². The Morgan fingerprint density at radius 1 is 1.15 bits per heavy atom. The fourth-order valence-electron chi connectivity index (χ4n) is 2.36. The van der Waals surface area contributed by atoms with Crippen LogP contribution < -0.4 is 5.32 Å². The first kappa shape index (κ1) is 17.7. The highest BCUT2D eigenvalue weighted by molar-refractivity contribution is 6.30. The van der Waals surface area contributed by atoms with Gasteiger partial charge in [-0.1, -0.05) is 17.7 Å². The number of aromatic nitrogens is 2. The van der Waals surface area contributed by atoms with Gasteiger partial charge in [-0.2, -0.15) is 5.10 Å². The van der Waals surface area contributed by atoms with Crippen molar-refractivity contribution in [2.45, 2.75) is 6.92 Å². The van der Waals surface area contributed by atoms with E-state index in [1.54, 1.807) is 59.4 Å². The topological polar surface area (TPSA) is 73.2 Å². The molecule has 0 fully saturated rings. The van der Waals surface area contributed by atoms with E-state index in [-0.39, 0.29) is 6.61 Å². The zero-order valence-corrected chi connectivity index (χ0v) is 14.7. The van der Waals surface area contributed by atoms with E-state index >= 15 is 0 Å². The monoisotopic (exact) mass is 369 g/mol. The van der Waals surface area contributed by atoms with Gasteiger partial charge in [0.25, 0.3) is 5.91 Å². The molecule has 0 bridgehead atoms. The minimum atomic E-state index is -0.574. The fourth-order valence-corrected chi connectivity index (χ4v) is 2.55. The highest BCUT2D eigenvalue weighted by Crippen LogP contribution is 2.15. The van der Waals surface area contributed by atoms with Gasteiger partial charge in [0.2, 0.25) is 0 Å². The van der Waals surface area contributed by atoms with Crippen molar-refractivity contribution in [3.8, 4) is 5.69 Å². The third kappa shape index (κ3) is 4.29. The van der Waals surface area contributed by atoms with Crippen molar-refractivity contribution in [1.82, 2.24) is 9.78 Å². The molecule has 26 heavy (non-hydrogen) atoms. The third-order valence-electron chi connectivity index (χ3n) is 3.62. The van der Waals surface area contributed by atoms with E-state index in [9.17, 15) is 9.59 Å². The molecule has 3 rings (SSSR count). The molecule has 2 aromatic carbocycles. The predicted molar refractivity (Wildman–Crippen MR) is 98.7 cm³/mol. The summed E-state index contributed by atoms with van der Waals surface area (Å²) in [6.07, 6.45) is 1.70. The average Bonchev–Trinajstić information content (AvgIpc) is 3.06. The molecule has 0 saturated carbocycles. The summed E-state index contributed by atoms with van der Waals surface area (Å²) in [5.74, 6) is -1.01. The highest BCUT2D eigenvalue weighted by atomic mass is 35.5. The van der Waals surface area contributed by atoms with E-state index in [4.69, 9.17) is 16.3 Å². The van der Waals surface area contributed by atoms with Crippen LogP contribution in [0.1, 0.15) is 16.1 Å². The van der Waals surface area contributed by atoms with Crippen LogP contribution >= 0.6 is 11.6 Å². The van der Waals surface area contributed by atoms with Crippen LogP contribution in [0.25, 0.3) is 5.69 Å². The summed E-state index contributed by atoms with van der Waals surface area (Å²) in [6.45, 7) is 1.55. The van der Waals surface area contributed by atoms with Crippen LogP contribution in [0, 0.1) is 6.92 Å². The van der Waals surface area contributed by atoms with Gasteiger partial charge in [-0.05, 0) is 55.5 Å². The summed E-state index contributed by atoms with van der Waals surface area (Å²) in [4.78, 5) is 23.9. The molecule has 1 heterocycles. The van der Waals surface area contributed by atoms with Crippen molar-refractivity contribution in [3.05, 3.63) is 77.1 Å². The maximum Gasteiger partial charge on any atom is 0.338 e. The number of rotatable bonds is 5. The summed E-state index contributed by atoms with van der Waals surface area (Å²) >= 11 is 5.85. The fraction of sp³-hybridized carbons (Fsp3) is 0.105. The molecular weight excluding hydrogens is 354 g/mol. The zero-order chi connectivity index (χ0) is 18.5. The number of nitrogens with zero attached hydrogens (tertiary/aromatic N) is 2. The smallest absolute Gasteiger partial charge is 0.338 e. The Balaban J connectivity index is 1.56. The number of esters is 1. The quantitative estimate of drug-likeness (QED) is 0.697. The number of ether oxygens (including phenoxy) is 1. The lowest BCUT2D eigenvalue weighted by Crippen LogP contribution is -2.20. The molecule has 0 radical (unpaired) electrons. The molecule has 3 aromatic rings. The Hall–Kier alpha value is -3.12. The molecule has 0 unspecified atom stereocenters. The summed E-state index contributed by atoms with van der Waals surface area (Å²) in [5, 5.41) is 7.32. The number of benzene rings is 2. The van der Waals surface area contributed by atoms with E-state index < -0.39 is 11.9 Å². The normalized spacial score (nSPS) is 10.4. The number of hydrogen-bond acceptors (Lipinski definition) is 4. The van der Waals surface area contributed by atoms with E-state index in [0.717, 1.165) is 11.4 Å². The minimum absolute atomic E-state index is 0.356. The standard InChI is InChI=1S/C19H16ClN3O3/c1-13-9-10-21-23(13)17-7-5-14(6-8-17)19(25)26-12-18(24)22-16-4-2-3-15(20)11-16/h2-11H,12H2,1H3,(H,22,24). The molecule has 0 aliphatic rings. The molecule has 0 saturated heterocycles. The van der Waals surface area contributed by atoms with Gasteiger partial charge in [-0.3, -0.25) is 4.79 Å². The second-order valence-electron chi connectivity index (χ2n) is 5.57. The molecule has 1 N–H and O–H groups in total. The van der Waals surface area contributed by atoms with Gasteiger partial charge in [0.05, 0.1) is 11.3 Å². The number of amides is 1. The van der Waals surface area contributed by atoms with E-state index in [1.807, 2.05) is 13.0 Å². The number of carbonyl (C=O) groups is 2. The van der Waals surface area contributed by atoms with Crippen LogP contribution in [0.2, 0.25) is 5.02 Å². The van der Waals surface area contributed by atoms with Crippen molar-refractivity contribution >= 4 is 29.2 Å². The minimum Gasteiger partial charge on any atom is -0.452 e. The van der Waals surface area contributed by atoms with Gasteiger partial charge >= 0.3 is 5.97 Å². The Morgan fingerprint density at radius 2 is 1.92 bits per heavy atom. The molecule has 132 valence electrons. The third-order valence-corrected chi connectivity index (χ3v) is 3.86. The first-order valence-electron chi connectivity index (χ1n) is 7.86. The highest BCUT2D eigenvalue weighted by Gasteiger charge is 2.11. The Kier molecular flexibility index (Phi) is 5.34. The molecule has 1 aromatic heterocycles. The van der Waals surface area contributed by atoms with Crippen molar-refractivity contribution in [3.63, 3.8) is 0 Å². The second kappa shape index (κ2) is 7.84. The number of halogens is 1. The lowest BCUT2D eigenvalue weighted by Gasteiger charge is -2.08. The summed E-state index contributed by atoms with van der Waals surface area (Å²) in [6, 6.07) is 15.4. The molecule has 7 heteroatoms. The Morgan fingerprint density at radius 3 is 2.58 bits per heavy atom. The summed E-state index contributed by atoms with van der Waals surface area (Å²) in [5.41, 5.74) is 2.72. The first-order chi connectivity index (χ1) is 12.5. The lowest BCUT2D eigenvalue weighted by atomic mass is 10.2. The molecular formula is C19H16ClN3O3. The van der Waals surface area contributed by atoms with Crippen LogP contribution in [-0.2, 0) is 9.53 Å². The van der Waals surface area contributed by atoms with Gasteiger partial charge in [-0.15, -0.1) is 0 Å². The van der Waals surface area contributed by atoms with Crippen LogP contribution in [0.5, 0.6) is 0 Å². The Bertz CT molecular complexity index is 935. The number of anilines is 1. The second-order valence-corrected chi connectivity index (χ2v) is 6.00. The van der Waals surface area contributed by atoms with Crippen LogP contribution in [0.3, 0.4) is 0 Å². The largest absolute Gasteiger partial charge is 0.452 e. The van der Waals surface area contributed by atoms with Gasteiger partial charge in [-0.25, -0.2) is 9.48 Å². The van der Waals surface area contributed by atoms with E-state index in [2.05, 4.69) is 10.4 Å². The average molecular weight is 370 g/mol. The molecule has 0 spiro atoms. The Labute approximate surface area is 155 Å². The molecule has 0 aliphatic heterocycles. The van der Waals surface area contributed by atoms with Crippen molar-refractivity contribution in [2.75, 3.05) is 11.9 Å². The van der Waals surface area contributed by atoms with Crippen molar-refractivity contribution < 1.29 is 14.3 Å². The predicted octanol–water partition coefficient (Wildman–Crippen LogP) is 3.63. The van der Waals surface area contributed by atoms with Crippen molar-refractivity contribution in [1.29, 1.82) is 0 Å². The lowest BCUT2D eigenvalue weighted by molar-refractivity contribution is -0.119. The maximum absolute atomic E-state index is 12.1. The SMILES string of the molecule is Cc1ccnn1-c1ccc(C(=O)OCC(=O)Nc2cccc(Cl)c2)cc1. The molecule has 1 amide bonds.